The van der Waals surface area contributed by atoms with Crippen molar-refractivity contribution in [3.05, 3.63) is 34.7 Å². The minimum Gasteiger partial charge on any atom is -0.358 e. The minimum absolute atomic E-state index is 0.0810. The highest BCUT2D eigenvalue weighted by atomic mass is 35.5. The second kappa shape index (κ2) is 4.63. The van der Waals surface area contributed by atoms with Gasteiger partial charge < -0.3 is 4.98 Å². The Hall–Kier alpha value is -1.28. The van der Waals surface area contributed by atoms with Crippen LogP contribution in [0.15, 0.2) is 18.9 Å². The van der Waals surface area contributed by atoms with E-state index in [0.717, 1.165) is 0 Å². The topological polar surface area (TPSA) is 78.1 Å². The Morgan fingerprint density at radius 3 is 2.95 bits per heavy atom. The van der Waals surface area contributed by atoms with Gasteiger partial charge >= 0.3 is 10.2 Å². The molecule has 0 unspecified atom stereocenters. The zero-order valence-electron chi connectivity index (χ0n) is 10.2. The summed E-state index contributed by atoms with van der Waals surface area (Å²) in [6.07, 6.45) is 3.06. The number of rotatable bonds is 2. The molecule has 9 heteroatoms. The molecular formula is C11H10Cl2N4O2S. The first-order chi connectivity index (χ1) is 9.45. The summed E-state index contributed by atoms with van der Waals surface area (Å²) in [7, 11) is -3.63. The molecule has 0 atom stereocenters. The van der Waals surface area contributed by atoms with Crippen LogP contribution in [0.4, 0.5) is 5.69 Å². The maximum Gasteiger partial charge on any atom is 0.302 e. The van der Waals surface area contributed by atoms with Crippen LogP contribution in [0, 0.1) is 0 Å². The van der Waals surface area contributed by atoms with Crippen molar-refractivity contribution in [2.24, 2.45) is 0 Å². The number of nitrogens with zero attached hydrogens (tertiary/aromatic N) is 2. The monoisotopic (exact) mass is 332 g/mol. The number of nitrogens with one attached hydrogen (secondary N) is 2. The molecule has 1 aliphatic heterocycles. The first-order valence-corrected chi connectivity index (χ1v) is 7.88. The van der Waals surface area contributed by atoms with Crippen LogP contribution in [-0.4, -0.2) is 24.9 Å². The smallest absolute Gasteiger partial charge is 0.302 e. The van der Waals surface area contributed by atoms with Crippen molar-refractivity contribution < 1.29 is 8.42 Å². The lowest BCUT2D eigenvalue weighted by molar-refractivity contribution is 0.572. The highest BCUT2D eigenvalue weighted by molar-refractivity contribution is 7.91. The van der Waals surface area contributed by atoms with Gasteiger partial charge in [-0.2, -0.15) is 13.1 Å². The Morgan fingerprint density at radius 2 is 2.25 bits per heavy atom. The standard InChI is InChI=1S/C11H10Cl2N4O2S/c1-2-3-17-10-7(5-15-20(17,18)19)16-11(13)8-6(12)4-14-9(8)10/h2,4,14-15H,1,3,5H2. The molecule has 20 heavy (non-hydrogen) atoms. The molecule has 0 amide bonds. The van der Waals surface area contributed by atoms with Gasteiger partial charge in [0.05, 0.1) is 34.7 Å². The van der Waals surface area contributed by atoms with E-state index < -0.39 is 10.2 Å². The van der Waals surface area contributed by atoms with Gasteiger partial charge in [0, 0.05) is 6.20 Å². The molecular weight excluding hydrogens is 323 g/mol. The Balaban J connectivity index is 2.38. The maximum atomic E-state index is 12.1. The SMILES string of the molecule is C=CCN1c2c(nc(Cl)c3c(Cl)c[nH]c23)CNS1(=O)=O. The number of hydrogen-bond acceptors (Lipinski definition) is 3. The van der Waals surface area contributed by atoms with E-state index in [1.54, 1.807) is 6.20 Å². The third kappa shape index (κ3) is 1.89. The Morgan fingerprint density at radius 1 is 1.50 bits per heavy atom. The van der Waals surface area contributed by atoms with Crippen LogP contribution in [-0.2, 0) is 16.8 Å². The average molecular weight is 333 g/mol. The van der Waals surface area contributed by atoms with Gasteiger partial charge in [-0.25, -0.2) is 9.29 Å². The summed E-state index contributed by atoms with van der Waals surface area (Å²) >= 11 is 12.2. The van der Waals surface area contributed by atoms with Crippen molar-refractivity contribution in [1.29, 1.82) is 0 Å². The number of aromatic amines is 1. The zero-order chi connectivity index (χ0) is 14.5. The van der Waals surface area contributed by atoms with Crippen molar-refractivity contribution in [2.75, 3.05) is 10.8 Å². The lowest BCUT2D eigenvalue weighted by atomic mass is 10.2. The predicted molar refractivity (Wildman–Crippen MR) is 79.4 cm³/mol. The second-order valence-electron chi connectivity index (χ2n) is 4.23. The van der Waals surface area contributed by atoms with E-state index in [-0.39, 0.29) is 18.2 Å². The van der Waals surface area contributed by atoms with Crippen LogP contribution >= 0.6 is 23.2 Å². The van der Waals surface area contributed by atoms with Crippen LogP contribution in [0.2, 0.25) is 10.2 Å². The molecule has 3 rings (SSSR count). The van der Waals surface area contributed by atoms with Gasteiger partial charge in [-0.1, -0.05) is 29.3 Å². The van der Waals surface area contributed by atoms with Crippen LogP contribution in [0.5, 0.6) is 0 Å². The molecule has 2 aromatic rings. The highest BCUT2D eigenvalue weighted by Gasteiger charge is 2.32. The van der Waals surface area contributed by atoms with Gasteiger partial charge in [0.15, 0.2) is 0 Å². The summed E-state index contributed by atoms with van der Waals surface area (Å²) in [5, 5.41) is 1.15. The number of aromatic nitrogens is 2. The average Bonchev–Trinajstić information content (AvgIpc) is 2.76. The van der Waals surface area contributed by atoms with Crippen LogP contribution in [0.25, 0.3) is 10.9 Å². The van der Waals surface area contributed by atoms with E-state index in [1.165, 1.54) is 10.4 Å². The minimum atomic E-state index is -3.63. The van der Waals surface area contributed by atoms with Gasteiger partial charge in [0.25, 0.3) is 0 Å². The molecule has 106 valence electrons. The van der Waals surface area contributed by atoms with E-state index in [1.807, 2.05) is 0 Å². The number of fused-ring (bicyclic) bond motifs is 3. The van der Waals surface area contributed by atoms with E-state index in [4.69, 9.17) is 23.2 Å². The molecule has 2 N–H and O–H groups in total. The van der Waals surface area contributed by atoms with Crippen molar-refractivity contribution in [2.45, 2.75) is 6.54 Å². The molecule has 1 aliphatic rings. The summed E-state index contributed by atoms with van der Waals surface area (Å²) in [5.41, 5.74) is 1.55. The third-order valence-electron chi connectivity index (χ3n) is 3.04. The molecule has 0 aliphatic carbocycles. The normalized spacial score (nSPS) is 17.2. The third-order valence-corrected chi connectivity index (χ3v) is 5.03. The molecule has 0 aromatic carbocycles. The molecule has 0 spiro atoms. The summed E-state index contributed by atoms with van der Waals surface area (Å²) < 4.78 is 27.9. The van der Waals surface area contributed by atoms with Crippen molar-refractivity contribution in [3.63, 3.8) is 0 Å². The predicted octanol–water partition coefficient (Wildman–Crippen LogP) is 2.21. The molecule has 0 saturated carbocycles. The first-order valence-electron chi connectivity index (χ1n) is 5.69. The zero-order valence-corrected chi connectivity index (χ0v) is 12.5. The fourth-order valence-electron chi connectivity index (χ4n) is 2.22. The maximum absolute atomic E-state index is 12.1. The molecule has 3 heterocycles. The van der Waals surface area contributed by atoms with Crippen molar-refractivity contribution >= 4 is 50.0 Å². The molecule has 0 radical (unpaired) electrons. The van der Waals surface area contributed by atoms with Gasteiger partial charge in [0.2, 0.25) is 0 Å². The van der Waals surface area contributed by atoms with Crippen molar-refractivity contribution in [1.82, 2.24) is 14.7 Å². The number of H-pyrrole nitrogens is 1. The molecule has 0 fully saturated rings. The number of anilines is 1. The number of halogens is 2. The summed E-state index contributed by atoms with van der Waals surface area (Å²) in [4.78, 5) is 7.19. The van der Waals surface area contributed by atoms with Gasteiger partial charge in [-0.05, 0) is 0 Å². The number of pyridine rings is 1. The van der Waals surface area contributed by atoms with Gasteiger partial charge in [0.1, 0.15) is 10.8 Å². The summed E-state index contributed by atoms with van der Waals surface area (Å²) in [6.45, 7) is 3.78. The van der Waals surface area contributed by atoms with Crippen molar-refractivity contribution in [3.8, 4) is 0 Å². The lowest BCUT2D eigenvalue weighted by Crippen LogP contribution is -2.45. The Labute approximate surface area is 125 Å². The van der Waals surface area contributed by atoms with Crippen LogP contribution in [0.1, 0.15) is 5.69 Å². The summed E-state index contributed by atoms with van der Waals surface area (Å²) in [6, 6.07) is 0. The van der Waals surface area contributed by atoms with Crippen LogP contribution in [0.3, 0.4) is 0 Å². The Kier molecular flexibility index (Phi) is 3.17. The van der Waals surface area contributed by atoms with Gasteiger partial charge in [-0.15, -0.1) is 6.58 Å². The van der Waals surface area contributed by atoms with Crippen LogP contribution < -0.4 is 9.03 Å². The lowest BCUT2D eigenvalue weighted by Gasteiger charge is -2.30. The second-order valence-corrected chi connectivity index (χ2v) is 6.68. The molecule has 2 aromatic heterocycles. The van der Waals surface area contributed by atoms with E-state index in [9.17, 15) is 8.42 Å². The highest BCUT2D eigenvalue weighted by Crippen LogP contribution is 2.39. The quantitative estimate of drug-likeness (QED) is 0.653. The van der Waals surface area contributed by atoms with E-state index in [2.05, 4.69) is 21.3 Å². The molecule has 0 saturated heterocycles. The van der Waals surface area contributed by atoms with E-state index in [0.29, 0.717) is 27.3 Å². The largest absolute Gasteiger partial charge is 0.358 e. The number of hydrogen-bond donors (Lipinski definition) is 2. The fourth-order valence-corrected chi connectivity index (χ4v) is 4.01. The molecule has 6 nitrogen and oxygen atoms in total. The van der Waals surface area contributed by atoms with Gasteiger partial charge in [-0.3, -0.25) is 0 Å². The Bertz CT molecular complexity index is 815. The molecule has 0 bridgehead atoms. The summed E-state index contributed by atoms with van der Waals surface area (Å²) in [5.74, 6) is 0. The fraction of sp³-hybridized carbons (Fsp3) is 0.182. The first kappa shape index (κ1) is 13.7. The van der Waals surface area contributed by atoms with E-state index >= 15 is 0 Å².